The van der Waals surface area contributed by atoms with Gasteiger partial charge in [-0.1, -0.05) is 0 Å². The fourth-order valence-corrected chi connectivity index (χ4v) is 4.24. The molecule has 1 spiro atoms. The van der Waals surface area contributed by atoms with Gasteiger partial charge in [0.2, 0.25) is 5.91 Å². The molecular weight excluding hydrogens is 282 g/mol. The van der Waals surface area contributed by atoms with Crippen LogP contribution in [0, 0.1) is 11.8 Å². The van der Waals surface area contributed by atoms with Gasteiger partial charge in [-0.15, -0.1) is 0 Å². The molecule has 5 heteroatoms. The van der Waals surface area contributed by atoms with Crippen molar-refractivity contribution in [1.82, 2.24) is 4.90 Å². The number of carbonyl (C=O) groups excluding carboxylic acids is 1. The van der Waals surface area contributed by atoms with Crippen LogP contribution >= 0.6 is 0 Å². The van der Waals surface area contributed by atoms with Crippen molar-refractivity contribution < 1.29 is 19.4 Å². The molecule has 3 rings (SSSR count). The summed E-state index contributed by atoms with van der Waals surface area (Å²) < 4.78 is 11.5. The summed E-state index contributed by atoms with van der Waals surface area (Å²) in [5, 5.41) is 9.16. The van der Waals surface area contributed by atoms with Crippen LogP contribution in [-0.4, -0.2) is 61.0 Å². The van der Waals surface area contributed by atoms with Gasteiger partial charge >= 0.3 is 0 Å². The summed E-state index contributed by atoms with van der Waals surface area (Å²) >= 11 is 0. The predicted molar refractivity (Wildman–Crippen MR) is 82.5 cm³/mol. The lowest BCUT2D eigenvalue weighted by atomic mass is 9.78. The van der Waals surface area contributed by atoms with Gasteiger partial charge in [0.25, 0.3) is 0 Å². The highest BCUT2D eigenvalue weighted by atomic mass is 16.5. The predicted octanol–water partition coefficient (Wildman–Crippen LogP) is 1.58. The maximum atomic E-state index is 12.6. The monoisotopic (exact) mass is 311 g/mol. The van der Waals surface area contributed by atoms with Crippen LogP contribution in [0.5, 0.6) is 0 Å². The first-order valence-corrected chi connectivity index (χ1v) is 8.84. The summed E-state index contributed by atoms with van der Waals surface area (Å²) in [6, 6.07) is 0. The Hall–Kier alpha value is -0.650. The van der Waals surface area contributed by atoms with Gasteiger partial charge in [-0.25, -0.2) is 0 Å². The molecule has 5 nitrogen and oxygen atoms in total. The standard InChI is InChI=1S/C17H29NO4/c19-9-1-14-2-12-22-17(13-14)5-7-18(8-6-17)16(20)15-3-10-21-11-4-15/h14-15,19H,1-13H2. The number of amides is 1. The van der Waals surface area contributed by atoms with Crippen molar-refractivity contribution in [2.75, 3.05) is 39.5 Å². The molecule has 22 heavy (non-hydrogen) atoms. The number of hydrogen-bond acceptors (Lipinski definition) is 4. The van der Waals surface area contributed by atoms with Crippen molar-refractivity contribution in [3.8, 4) is 0 Å². The Morgan fingerprint density at radius 1 is 1.14 bits per heavy atom. The molecule has 0 saturated carbocycles. The Morgan fingerprint density at radius 3 is 2.55 bits per heavy atom. The van der Waals surface area contributed by atoms with Crippen LogP contribution in [0.3, 0.4) is 0 Å². The molecule has 0 aromatic carbocycles. The van der Waals surface area contributed by atoms with Gasteiger partial charge in [-0.2, -0.15) is 0 Å². The summed E-state index contributed by atoms with van der Waals surface area (Å²) in [5.41, 5.74) is -0.0372. The number of carbonyl (C=O) groups is 1. The van der Waals surface area contributed by atoms with E-state index in [1.54, 1.807) is 0 Å². The van der Waals surface area contributed by atoms with E-state index in [1.165, 1.54) is 0 Å². The molecule has 126 valence electrons. The minimum absolute atomic E-state index is 0.0372. The van der Waals surface area contributed by atoms with Crippen molar-refractivity contribution >= 4 is 5.91 Å². The molecule has 1 amide bonds. The van der Waals surface area contributed by atoms with E-state index in [0.717, 1.165) is 77.9 Å². The number of hydrogen-bond donors (Lipinski definition) is 1. The topological polar surface area (TPSA) is 59.0 Å². The highest BCUT2D eigenvalue weighted by molar-refractivity contribution is 5.79. The van der Waals surface area contributed by atoms with E-state index >= 15 is 0 Å². The average molecular weight is 311 g/mol. The van der Waals surface area contributed by atoms with Crippen LogP contribution < -0.4 is 0 Å². The average Bonchev–Trinajstić information content (AvgIpc) is 2.56. The quantitative estimate of drug-likeness (QED) is 0.860. The van der Waals surface area contributed by atoms with Crippen molar-refractivity contribution in [2.24, 2.45) is 11.8 Å². The van der Waals surface area contributed by atoms with Crippen molar-refractivity contribution in [3.05, 3.63) is 0 Å². The highest BCUT2D eigenvalue weighted by Gasteiger charge is 2.41. The van der Waals surface area contributed by atoms with Crippen LogP contribution in [0.2, 0.25) is 0 Å². The summed E-state index contributed by atoms with van der Waals surface area (Å²) in [4.78, 5) is 14.6. The third kappa shape index (κ3) is 3.63. The maximum Gasteiger partial charge on any atom is 0.225 e. The number of aliphatic hydroxyl groups is 1. The zero-order valence-corrected chi connectivity index (χ0v) is 13.5. The van der Waals surface area contributed by atoms with E-state index in [2.05, 4.69) is 0 Å². The maximum absolute atomic E-state index is 12.6. The molecule has 0 aromatic rings. The summed E-state index contributed by atoms with van der Waals surface area (Å²) in [5.74, 6) is 1.06. The molecule has 3 fully saturated rings. The number of aliphatic hydroxyl groups excluding tert-OH is 1. The lowest BCUT2D eigenvalue weighted by molar-refractivity contribution is -0.153. The molecule has 3 aliphatic rings. The lowest BCUT2D eigenvalue weighted by Gasteiger charge is -2.46. The van der Waals surface area contributed by atoms with Crippen molar-refractivity contribution in [3.63, 3.8) is 0 Å². The van der Waals surface area contributed by atoms with Crippen LogP contribution in [0.4, 0.5) is 0 Å². The van der Waals surface area contributed by atoms with Crippen LogP contribution in [0.1, 0.15) is 44.9 Å². The van der Waals surface area contributed by atoms with Gasteiger partial charge in [-0.3, -0.25) is 4.79 Å². The second kappa shape index (κ2) is 7.28. The van der Waals surface area contributed by atoms with Crippen LogP contribution in [0.25, 0.3) is 0 Å². The van der Waals surface area contributed by atoms with Gasteiger partial charge in [0.1, 0.15) is 0 Å². The normalized spacial score (nSPS) is 29.7. The van der Waals surface area contributed by atoms with Crippen LogP contribution in [-0.2, 0) is 14.3 Å². The molecule has 3 aliphatic heterocycles. The number of piperidine rings is 1. The van der Waals surface area contributed by atoms with Gasteiger partial charge in [0, 0.05) is 45.4 Å². The zero-order valence-electron chi connectivity index (χ0n) is 13.5. The van der Waals surface area contributed by atoms with Crippen molar-refractivity contribution in [2.45, 2.75) is 50.5 Å². The summed E-state index contributed by atoms with van der Waals surface area (Å²) in [7, 11) is 0. The molecule has 0 aromatic heterocycles. The van der Waals surface area contributed by atoms with E-state index in [4.69, 9.17) is 14.6 Å². The first-order chi connectivity index (χ1) is 10.7. The SMILES string of the molecule is O=C(C1CCOCC1)N1CCC2(CC1)CC(CCO)CCO2. The van der Waals surface area contributed by atoms with Gasteiger partial charge < -0.3 is 19.5 Å². The van der Waals surface area contributed by atoms with Gasteiger partial charge in [0.15, 0.2) is 0 Å². The van der Waals surface area contributed by atoms with E-state index in [0.29, 0.717) is 11.8 Å². The molecule has 1 N–H and O–H groups in total. The van der Waals surface area contributed by atoms with Crippen molar-refractivity contribution in [1.29, 1.82) is 0 Å². The molecule has 3 saturated heterocycles. The van der Waals surface area contributed by atoms with E-state index in [9.17, 15) is 4.79 Å². The number of ether oxygens (including phenoxy) is 2. The molecule has 1 unspecified atom stereocenters. The minimum Gasteiger partial charge on any atom is -0.396 e. The molecule has 0 radical (unpaired) electrons. The fraction of sp³-hybridized carbons (Fsp3) is 0.941. The molecule has 0 aliphatic carbocycles. The largest absolute Gasteiger partial charge is 0.396 e. The number of likely N-dealkylation sites (tertiary alicyclic amines) is 1. The Balaban J connectivity index is 1.52. The summed E-state index contributed by atoms with van der Waals surface area (Å²) in [6.45, 7) is 4.16. The van der Waals surface area contributed by atoms with Gasteiger partial charge in [-0.05, 0) is 50.9 Å². The molecule has 0 bridgehead atoms. The first kappa shape index (κ1) is 16.2. The third-order valence-electron chi connectivity index (χ3n) is 5.69. The smallest absolute Gasteiger partial charge is 0.225 e. The van der Waals surface area contributed by atoms with E-state index in [-0.39, 0.29) is 18.1 Å². The van der Waals surface area contributed by atoms with E-state index in [1.807, 2.05) is 4.90 Å². The Morgan fingerprint density at radius 2 is 1.86 bits per heavy atom. The highest BCUT2D eigenvalue weighted by Crippen LogP contribution is 2.39. The van der Waals surface area contributed by atoms with Crippen LogP contribution in [0.15, 0.2) is 0 Å². The molecule has 3 heterocycles. The molecular formula is C17H29NO4. The number of nitrogens with zero attached hydrogens (tertiary/aromatic N) is 1. The molecule has 1 atom stereocenters. The lowest BCUT2D eigenvalue weighted by Crippen LogP contribution is -2.52. The minimum atomic E-state index is -0.0372. The Labute approximate surface area is 133 Å². The zero-order chi connectivity index (χ0) is 15.4. The third-order valence-corrected chi connectivity index (χ3v) is 5.69. The fourth-order valence-electron chi connectivity index (χ4n) is 4.24. The van der Waals surface area contributed by atoms with Gasteiger partial charge in [0.05, 0.1) is 5.60 Å². The Kier molecular flexibility index (Phi) is 5.37. The Bertz CT molecular complexity index is 371. The number of rotatable bonds is 3. The summed E-state index contributed by atoms with van der Waals surface area (Å²) in [6.07, 6.45) is 6.63. The van der Waals surface area contributed by atoms with E-state index < -0.39 is 0 Å². The second-order valence-corrected chi connectivity index (χ2v) is 7.11. The first-order valence-electron chi connectivity index (χ1n) is 8.84. The second-order valence-electron chi connectivity index (χ2n) is 7.11.